The van der Waals surface area contributed by atoms with Gasteiger partial charge in [0.25, 0.3) is 0 Å². The molecule has 3 fully saturated rings. The van der Waals surface area contributed by atoms with E-state index in [1.165, 1.54) is 38.5 Å². The number of allylic oxidation sites excluding steroid dienone is 3. The van der Waals surface area contributed by atoms with Crippen LogP contribution in [-0.2, 0) is 0 Å². The quantitative estimate of drug-likeness (QED) is 0.449. The summed E-state index contributed by atoms with van der Waals surface area (Å²) in [6, 6.07) is 0. The molecule has 0 aliphatic heterocycles. The van der Waals surface area contributed by atoms with Crippen LogP contribution in [0.5, 0.6) is 0 Å². The molecule has 1 heteroatoms. The Bertz CT molecular complexity index is 744. The molecular formula is C30H50O. The number of rotatable bonds is 4. The van der Waals surface area contributed by atoms with Crippen LogP contribution >= 0.6 is 0 Å². The maximum Gasteiger partial charge on any atom is 0.0577 e. The van der Waals surface area contributed by atoms with Gasteiger partial charge in [0, 0.05) is 0 Å². The second kappa shape index (κ2) is 8.34. The SMILES string of the molecule is C/C(=C(/C)[C@H](C)C(C)C)[C@@H](C)[C@H]1CC[C@H]2[C@@H]3CC=C4CC(O)CC[C@]4(C)[C@H]3CC[C@]12C. The molecule has 0 bridgehead atoms. The maximum atomic E-state index is 10.3. The van der Waals surface area contributed by atoms with Crippen molar-refractivity contribution in [3.8, 4) is 0 Å². The molecule has 31 heavy (non-hydrogen) atoms. The molecule has 0 amide bonds. The Morgan fingerprint density at radius 3 is 2.32 bits per heavy atom. The smallest absolute Gasteiger partial charge is 0.0577 e. The van der Waals surface area contributed by atoms with Crippen molar-refractivity contribution < 1.29 is 5.11 Å². The van der Waals surface area contributed by atoms with Crippen LogP contribution in [0.2, 0.25) is 0 Å². The third kappa shape index (κ3) is 3.70. The van der Waals surface area contributed by atoms with Crippen LogP contribution in [0.25, 0.3) is 0 Å². The van der Waals surface area contributed by atoms with Crippen molar-refractivity contribution >= 4 is 0 Å². The Balaban J connectivity index is 1.58. The molecule has 0 aromatic carbocycles. The van der Waals surface area contributed by atoms with Gasteiger partial charge >= 0.3 is 0 Å². The third-order valence-corrected chi connectivity index (χ3v) is 11.7. The molecule has 1 unspecified atom stereocenters. The largest absolute Gasteiger partial charge is 0.393 e. The molecule has 4 aliphatic rings. The van der Waals surface area contributed by atoms with Crippen molar-refractivity contribution in [2.45, 2.75) is 113 Å². The second-order valence-corrected chi connectivity index (χ2v) is 13.1. The molecule has 176 valence electrons. The zero-order chi connectivity index (χ0) is 22.7. The maximum absolute atomic E-state index is 10.3. The number of fused-ring (bicyclic) bond motifs is 5. The van der Waals surface area contributed by atoms with Crippen molar-refractivity contribution in [3.63, 3.8) is 0 Å². The number of hydrogen-bond acceptors (Lipinski definition) is 1. The lowest BCUT2D eigenvalue weighted by Crippen LogP contribution is -2.50. The molecule has 9 atom stereocenters. The highest BCUT2D eigenvalue weighted by molar-refractivity contribution is 5.26. The van der Waals surface area contributed by atoms with E-state index < -0.39 is 0 Å². The van der Waals surface area contributed by atoms with E-state index in [0.29, 0.717) is 22.7 Å². The molecule has 4 aliphatic carbocycles. The van der Waals surface area contributed by atoms with Crippen molar-refractivity contribution in [1.82, 2.24) is 0 Å². The summed E-state index contributed by atoms with van der Waals surface area (Å²) in [7, 11) is 0. The van der Waals surface area contributed by atoms with Crippen LogP contribution < -0.4 is 0 Å². The Kier molecular flexibility index (Phi) is 6.35. The van der Waals surface area contributed by atoms with E-state index in [1.54, 1.807) is 16.7 Å². The first kappa shape index (κ1) is 23.6. The van der Waals surface area contributed by atoms with E-state index in [2.05, 4.69) is 61.5 Å². The zero-order valence-electron chi connectivity index (χ0n) is 21.8. The lowest BCUT2D eigenvalue weighted by atomic mass is 9.47. The first-order chi connectivity index (χ1) is 14.5. The molecule has 0 aromatic heterocycles. The van der Waals surface area contributed by atoms with E-state index in [9.17, 15) is 5.11 Å². The minimum atomic E-state index is -0.0901. The standard InChI is InChI=1S/C30H50O/c1-18(2)19(3)20(4)21(5)22(6)26-11-12-27-25-10-9-23-17-24(31)13-15-29(23,7)28(25)14-16-30(26,27)8/h9,18-19,22,24-28,31H,10-17H2,1-8H3/b21-20+/t19-,22-,24?,25+,26-,27+,28+,29+,30-/m1/s1. The lowest BCUT2D eigenvalue weighted by Gasteiger charge is -2.58. The topological polar surface area (TPSA) is 20.2 Å². The fourth-order valence-electron chi connectivity index (χ4n) is 9.02. The monoisotopic (exact) mass is 426 g/mol. The zero-order valence-corrected chi connectivity index (χ0v) is 21.8. The Morgan fingerprint density at radius 2 is 1.65 bits per heavy atom. The Hall–Kier alpha value is -0.560. The molecule has 0 aromatic rings. The molecule has 0 saturated heterocycles. The van der Waals surface area contributed by atoms with Gasteiger partial charge in [-0.15, -0.1) is 0 Å². The van der Waals surface area contributed by atoms with Gasteiger partial charge in [-0.3, -0.25) is 0 Å². The first-order valence-corrected chi connectivity index (χ1v) is 13.6. The molecule has 1 nitrogen and oxygen atoms in total. The van der Waals surface area contributed by atoms with Gasteiger partial charge in [-0.1, -0.05) is 64.3 Å². The predicted molar refractivity (Wildman–Crippen MR) is 133 cm³/mol. The second-order valence-electron chi connectivity index (χ2n) is 13.1. The van der Waals surface area contributed by atoms with Gasteiger partial charge in [0.2, 0.25) is 0 Å². The summed E-state index contributed by atoms with van der Waals surface area (Å²) in [5.74, 6) is 5.60. The number of aliphatic hydroxyl groups is 1. The van der Waals surface area contributed by atoms with E-state index in [0.717, 1.165) is 42.4 Å². The third-order valence-electron chi connectivity index (χ3n) is 11.7. The highest BCUT2D eigenvalue weighted by atomic mass is 16.3. The van der Waals surface area contributed by atoms with Gasteiger partial charge in [0.05, 0.1) is 6.10 Å². The minimum Gasteiger partial charge on any atom is -0.393 e. The number of hydrogen-bond donors (Lipinski definition) is 1. The van der Waals surface area contributed by atoms with Crippen LogP contribution in [0.1, 0.15) is 107 Å². The minimum absolute atomic E-state index is 0.0901. The van der Waals surface area contributed by atoms with E-state index in [-0.39, 0.29) is 6.10 Å². The molecule has 0 radical (unpaired) electrons. The van der Waals surface area contributed by atoms with Crippen LogP contribution in [0.3, 0.4) is 0 Å². The normalized spacial score (nSPS) is 45.2. The summed E-state index contributed by atoms with van der Waals surface area (Å²) in [6.45, 7) is 19.8. The fourth-order valence-corrected chi connectivity index (χ4v) is 9.02. The Labute approximate surface area is 193 Å². The fraction of sp³-hybridized carbons (Fsp3) is 0.867. The van der Waals surface area contributed by atoms with Crippen molar-refractivity contribution in [1.29, 1.82) is 0 Å². The summed E-state index contributed by atoms with van der Waals surface area (Å²) in [5.41, 5.74) is 5.83. The van der Waals surface area contributed by atoms with Crippen molar-refractivity contribution in [2.75, 3.05) is 0 Å². The van der Waals surface area contributed by atoms with Gasteiger partial charge < -0.3 is 5.11 Å². The van der Waals surface area contributed by atoms with Crippen LogP contribution in [0, 0.1) is 52.3 Å². The highest BCUT2D eigenvalue weighted by Crippen LogP contribution is 2.67. The van der Waals surface area contributed by atoms with E-state index >= 15 is 0 Å². The summed E-state index contributed by atoms with van der Waals surface area (Å²) >= 11 is 0. The molecular weight excluding hydrogens is 376 g/mol. The van der Waals surface area contributed by atoms with E-state index in [4.69, 9.17) is 0 Å². The first-order valence-electron chi connectivity index (χ1n) is 13.6. The predicted octanol–water partition coefficient (Wildman–Crippen LogP) is 8.19. The highest BCUT2D eigenvalue weighted by Gasteiger charge is 2.59. The Morgan fingerprint density at radius 1 is 0.935 bits per heavy atom. The summed E-state index contributed by atoms with van der Waals surface area (Å²) in [4.78, 5) is 0. The average molecular weight is 427 g/mol. The van der Waals surface area contributed by atoms with Gasteiger partial charge in [0.1, 0.15) is 0 Å². The average Bonchev–Trinajstić information content (AvgIpc) is 3.09. The molecule has 4 rings (SSSR count). The summed E-state index contributed by atoms with van der Waals surface area (Å²) in [5, 5.41) is 10.3. The van der Waals surface area contributed by atoms with Crippen molar-refractivity contribution in [3.05, 3.63) is 22.8 Å². The van der Waals surface area contributed by atoms with Crippen molar-refractivity contribution in [2.24, 2.45) is 52.3 Å². The van der Waals surface area contributed by atoms with Crippen LogP contribution in [0.4, 0.5) is 0 Å². The van der Waals surface area contributed by atoms with E-state index in [1.807, 2.05) is 0 Å². The van der Waals surface area contributed by atoms with Crippen LogP contribution in [-0.4, -0.2) is 11.2 Å². The van der Waals surface area contributed by atoms with Crippen LogP contribution in [0.15, 0.2) is 22.8 Å². The molecule has 0 spiro atoms. The van der Waals surface area contributed by atoms with Gasteiger partial charge in [-0.05, 0) is 117 Å². The van der Waals surface area contributed by atoms with Gasteiger partial charge in [0.15, 0.2) is 0 Å². The summed E-state index contributed by atoms with van der Waals surface area (Å²) < 4.78 is 0. The summed E-state index contributed by atoms with van der Waals surface area (Å²) in [6.07, 6.45) is 12.6. The molecule has 0 heterocycles. The molecule has 3 saturated carbocycles. The van der Waals surface area contributed by atoms with Gasteiger partial charge in [-0.25, -0.2) is 0 Å². The lowest BCUT2D eigenvalue weighted by molar-refractivity contribution is -0.0547. The van der Waals surface area contributed by atoms with Gasteiger partial charge in [-0.2, -0.15) is 0 Å². The number of aliphatic hydroxyl groups excluding tert-OH is 1. The molecule has 1 N–H and O–H groups in total.